The Balaban J connectivity index is 1.65. The van der Waals surface area contributed by atoms with Gasteiger partial charge >= 0.3 is 6.18 Å². The summed E-state index contributed by atoms with van der Waals surface area (Å²) in [6, 6.07) is 10.3. The van der Waals surface area contributed by atoms with Crippen molar-refractivity contribution in [2.24, 2.45) is 17.8 Å². The molecule has 0 unspecified atom stereocenters. The molecule has 1 heterocycles. The van der Waals surface area contributed by atoms with Crippen LogP contribution in [0.4, 0.5) is 18.9 Å². The van der Waals surface area contributed by atoms with E-state index in [1.165, 1.54) is 18.2 Å². The summed E-state index contributed by atoms with van der Waals surface area (Å²) in [5.74, 6) is -0.0164. The fourth-order valence-electron chi connectivity index (χ4n) is 5.92. The Kier molecular flexibility index (Phi) is 3.77. The van der Waals surface area contributed by atoms with Gasteiger partial charge in [0.25, 0.3) is 0 Å². The van der Waals surface area contributed by atoms with Crippen molar-refractivity contribution in [3.05, 3.63) is 64.7 Å². The number of rotatable bonds is 2. The van der Waals surface area contributed by atoms with Crippen LogP contribution in [0, 0.1) is 17.8 Å². The van der Waals surface area contributed by atoms with Crippen LogP contribution in [0.25, 0.3) is 0 Å². The average Bonchev–Trinajstić information content (AvgIpc) is 3.28. The van der Waals surface area contributed by atoms with E-state index in [9.17, 15) is 23.1 Å². The predicted molar refractivity (Wildman–Crippen MR) is 95.6 cm³/mol. The molecule has 0 saturated heterocycles. The molecule has 28 heavy (non-hydrogen) atoms. The largest absolute Gasteiger partial charge is 0.545 e. The van der Waals surface area contributed by atoms with Gasteiger partial charge in [0.15, 0.2) is 0 Å². The number of carboxylic acid groups (broad SMARTS) is 1. The fraction of sp³-hybridized carbons (Fsp3) is 0.409. The smallest absolute Gasteiger partial charge is 0.416 e. The highest BCUT2D eigenvalue weighted by Crippen LogP contribution is 2.64. The third-order valence-electron chi connectivity index (χ3n) is 6.91. The van der Waals surface area contributed by atoms with Crippen molar-refractivity contribution < 1.29 is 23.1 Å². The summed E-state index contributed by atoms with van der Waals surface area (Å²) in [5, 5.41) is 15.0. The topological polar surface area (TPSA) is 52.2 Å². The van der Waals surface area contributed by atoms with Crippen molar-refractivity contribution >= 4 is 11.7 Å². The van der Waals surface area contributed by atoms with Gasteiger partial charge in [-0.25, -0.2) is 0 Å². The first kappa shape index (κ1) is 17.6. The average molecular weight is 386 g/mol. The van der Waals surface area contributed by atoms with Gasteiger partial charge in [0.05, 0.1) is 17.6 Å². The quantitative estimate of drug-likeness (QED) is 0.834. The van der Waals surface area contributed by atoms with Gasteiger partial charge in [-0.2, -0.15) is 13.2 Å². The number of fused-ring (bicyclic) bond motifs is 7. The number of carbonyl (C=O) groups excluding carboxylic acids is 1. The first-order chi connectivity index (χ1) is 13.3. The molecule has 2 aliphatic carbocycles. The monoisotopic (exact) mass is 386 g/mol. The van der Waals surface area contributed by atoms with Crippen molar-refractivity contribution in [3.63, 3.8) is 0 Å². The van der Waals surface area contributed by atoms with Crippen LogP contribution in [0.5, 0.6) is 0 Å². The molecule has 2 bridgehead atoms. The zero-order valence-electron chi connectivity index (χ0n) is 15.0. The van der Waals surface area contributed by atoms with Crippen LogP contribution in [0.2, 0.25) is 0 Å². The Labute approximate surface area is 160 Å². The molecule has 5 rings (SSSR count). The van der Waals surface area contributed by atoms with Crippen LogP contribution in [0.15, 0.2) is 42.5 Å². The van der Waals surface area contributed by atoms with Crippen molar-refractivity contribution in [1.29, 1.82) is 0 Å². The highest BCUT2D eigenvalue weighted by molar-refractivity contribution is 5.94. The Hall–Kier alpha value is -2.50. The van der Waals surface area contributed by atoms with Gasteiger partial charge < -0.3 is 15.2 Å². The van der Waals surface area contributed by atoms with E-state index in [2.05, 4.69) is 5.32 Å². The predicted octanol–water partition coefficient (Wildman–Crippen LogP) is 4.37. The van der Waals surface area contributed by atoms with Crippen molar-refractivity contribution in [2.75, 3.05) is 5.32 Å². The molecule has 2 fully saturated rings. The van der Waals surface area contributed by atoms with E-state index in [0.29, 0.717) is 23.1 Å². The molecule has 0 radical (unpaired) electrons. The van der Waals surface area contributed by atoms with Crippen LogP contribution >= 0.6 is 0 Å². The van der Waals surface area contributed by atoms with E-state index in [0.717, 1.165) is 30.9 Å². The van der Waals surface area contributed by atoms with Crippen molar-refractivity contribution in [2.45, 2.75) is 37.4 Å². The molecule has 2 aromatic carbocycles. The third kappa shape index (κ3) is 2.54. The zero-order chi connectivity index (χ0) is 19.6. The number of anilines is 1. The zero-order valence-corrected chi connectivity index (χ0v) is 15.0. The number of alkyl halides is 3. The Morgan fingerprint density at radius 3 is 2.57 bits per heavy atom. The number of carbonyl (C=O) groups is 1. The van der Waals surface area contributed by atoms with Gasteiger partial charge in [0, 0.05) is 11.3 Å². The molecule has 6 heteroatoms. The molecular formula is C22H19F3NO2-. The highest BCUT2D eigenvalue weighted by atomic mass is 19.4. The number of para-hydroxylation sites is 1. The third-order valence-corrected chi connectivity index (χ3v) is 6.91. The molecule has 3 nitrogen and oxygen atoms in total. The van der Waals surface area contributed by atoms with Gasteiger partial charge in [0.2, 0.25) is 0 Å². The molecule has 3 aliphatic rings. The molecule has 0 amide bonds. The molecule has 2 aromatic rings. The summed E-state index contributed by atoms with van der Waals surface area (Å²) in [5.41, 5.74) is 1.46. The van der Waals surface area contributed by atoms with Gasteiger partial charge in [-0.05, 0) is 66.2 Å². The number of halogens is 3. The number of benzene rings is 2. The molecule has 2 saturated carbocycles. The van der Waals surface area contributed by atoms with E-state index >= 15 is 0 Å². The van der Waals surface area contributed by atoms with Crippen molar-refractivity contribution in [3.8, 4) is 0 Å². The van der Waals surface area contributed by atoms with Crippen LogP contribution in [-0.2, 0) is 6.18 Å². The Morgan fingerprint density at radius 2 is 1.82 bits per heavy atom. The van der Waals surface area contributed by atoms with Crippen LogP contribution in [-0.4, -0.2) is 5.97 Å². The minimum Gasteiger partial charge on any atom is -0.545 e. The SMILES string of the molecule is O=C([O-])c1cccc2c1N[C@H](c1cccc(C(F)(F)F)c1)[C@@H]1[C@H]3CC[C@@H](C3)[C@H]21. The maximum absolute atomic E-state index is 13.3. The molecule has 146 valence electrons. The van der Waals surface area contributed by atoms with Crippen LogP contribution in [0.3, 0.4) is 0 Å². The second-order valence-corrected chi connectivity index (χ2v) is 8.24. The number of nitrogens with one attached hydrogen (secondary N) is 1. The first-order valence-corrected chi connectivity index (χ1v) is 9.62. The van der Waals surface area contributed by atoms with E-state index < -0.39 is 17.7 Å². The summed E-state index contributed by atoms with van der Waals surface area (Å²) in [4.78, 5) is 11.7. The normalized spacial score (nSPS) is 30.5. The molecule has 5 atom stereocenters. The lowest BCUT2D eigenvalue weighted by Gasteiger charge is -2.44. The second kappa shape index (κ2) is 6.00. The lowest BCUT2D eigenvalue weighted by Crippen LogP contribution is -2.37. The summed E-state index contributed by atoms with van der Waals surface area (Å²) in [6.07, 6.45) is -1.18. The van der Waals surface area contributed by atoms with Crippen molar-refractivity contribution in [1.82, 2.24) is 0 Å². The van der Waals surface area contributed by atoms with E-state index in [4.69, 9.17) is 0 Å². The van der Waals surface area contributed by atoms with E-state index in [1.807, 2.05) is 6.07 Å². The van der Waals surface area contributed by atoms with Gasteiger partial charge in [-0.3, -0.25) is 0 Å². The Morgan fingerprint density at radius 1 is 1.07 bits per heavy atom. The fourth-order valence-corrected chi connectivity index (χ4v) is 5.92. The standard InChI is InChI=1S/C22H20F3NO2/c23-22(24,25)14-4-1-3-13(10-14)19-18-12-8-7-11(9-12)17(18)15-5-2-6-16(21(27)28)20(15)26-19/h1-6,10-12,17-19,26H,7-9H2,(H,27,28)/p-1/t11-,12-,17+,18+,19+/m0/s1. The number of carboxylic acids is 1. The lowest BCUT2D eigenvalue weighted by molar-refractivity contribution is -0.254. The Bertz CT molecular complexity index is 955. The molecule has 0 spiro atoms. The van der Waals surface area contributed by atoms with Gasteiger partial charge in [0.1, 0.15) is 0 Å². The minimum atomic E-state index is -4.41. The summed E-state index contributed by atoms with van der Waals surface area (Å²) >= 11 is 0. The molecular weight excluding hydrogens is 367 g/mol. The summed E-state index contributed by atoms with van der Waals surface area (Å²) < 4.78 is 39.8. The minimum absolute atomic E-state index is 0.0794. The maximum atomic E-state index is 13.3. The first-order valence-electron chi connectivity index (χ1n) is 9.62. The van der Waals surface area contributed by atoms with Gasteiger partial charge in [-0.15, -0.1) is 0 Å². The lowest BCUT2D eigenvalue weighted by atomic mass is 9.67. The molecule has 1 N–H and O–H groups in total. The number of hydrogen-bond acceptors (Lipinski definition) is 3. The van der Waals surface area contributed by atoms with Gasteiger partial charge in [-0.1, -0.05) is 30.3 Å². The number of aromatic carboxylic acids is 1. The van der Waals surface area contributed by atoms with E-state index in [1.54, 1.807) is 12.1 Å². The summed E-state index contributed by atoms with van der Waals surface area (Å²) in [7, 11) is 0. The highest BCUT2D eigenvalue weighted by Gasteiger charge is 2.54. The van der Waals surface area contributed by atoms with E-state index in [-0.39, 0.29) is 23.4 Å². The van der Waals surface area contributed by atoms with Crippen LogP contribution < -0.4 is 10.4 Å². The summed E-state index contributed by atoms with van der Waals surface area (Å²) in [6.45, 7) is 0. The molecule has 1 aliphatic heterocycles. The van der Waals surface area contributed by atoms with Crippen LogP contribution in [0.1, 0.15) is 58.3 Å². The molecule has 0 aromatic heterocycles. The second-order valence-electron chi connectivity index (χ2n) is 8.24. The number of hydrogen-bond donors (Lipinski definition) is 1. The maximum Gasteiger partial charge on any atom is 0.416 e.